The molecule has 144 valence electrons. The molecule has 26 heavy (non-hydrogen) atoms. The monoisotopic (exact) mass is 359 g/mol. The molecule has 1 atom stereocenters. The predicted molar refractivity (Wildman–Crippen MR) is 104 cm³/mol. The van der Waals surface area contributed by atoms with Crippen LogP contribution in [0.25, 0.3) is 0 Å². The van der Waals surface area contributed by atoms with Crippen LogP contribution in [0.15, 0.2) is 6.07 Å². The van der Waals surface area contributed by atoms with E-state index in [2.05, 4.69) is 40.0 Å². The maximum absolute atomic E-state index is 12.2. The van der Waals surface area contributed by atoms with Crippen LogP contribution in [0.2, 0.25) is 0 Å². The van der Waals surface area contributed by atoms with E-state index in [-0.39, 0.29) is 5.91 Å². The number of nitrogens with zero attached hydrogens (tertiary/aromatic N) is 4. The molecule has 6 nitrogen and oxygen atoms in total. The lowest BCUT2D eigenvalue weighted by Crippen LogP contribution is -2.42. The number of rotatable bonds is 6. The Bertz CT molecular complexity index is 612. The fraction of sp³-hybridized carbons (Fsp3) is 0.750. The van der Waals surface area contributed by atoms with Crippen LogP contribution in [0.5, 0.6) is 0 Å². The zero-order valence-corrected chi connectivity index (χ0v) is 16.5. The summed E-state index contributed by atoms with van der Waals surface area (Å²) in [5.74, 6) is 2.95. The Morgan fingerprint density at radius 1 is 1.23 bits per heavy atom. The molecule has 2 aliphatic rings. The Hall–Kier alpha value is -1.69. The molecule has 2 saturated heterocycles. The molecule has 1 N–H and O–H groups in total. The minimum atomic E-state index is 0.135. The third-order valence-electron chi connectivity index (χ3n) is 5.27. The normalized spacial score (nSPS) is 21.4. The third-order valence-corrected chi connectivity index (χ3v) is 5.27. The van der Waals surface area contributed by atoms with E-state index in [1.165, 1.54) is 12.8 Å². The van der Waals surface area contributed by atoms with Crippen molar-refractivity contribution in [1.82, 2.24) is 20.2 Å². The van der Waals surface area contributed by atoms with Crippen LogP contribution in [0, 0.1) is 12.8 Å². The van der Waals surface area contributed by atoms with Crippen LogP contribution in [0.1, 0.15) is 57.0 Å². The van der Waals surface area contributed by atoms with Crippen LogP contribution < -0.4 is 10.2 Å². The van der Waals surface area contributed by atoms with E-state index in [1.807, 2.05) is 6.92 Å². The molecule has 0 spiro atoms. The minimum Gasteiger partial charge on any atom is -0.357 e. The molecule has 2 aliphatic heterocycles. The summed E-state index contributed by atoms with van der Waals surface area (Å²) in [6.45, 7) is 11.6. The third kappa shape index (κ3) is 5.16. The summed E-state index contributed by atoms with van der Waals surface area (Å²) >= 11 is 0. The van der Waals surface area contributed by atoms with Crippen molar-refractivity contribution in [2.24, 2.45) is 5.92 Å². The lowest BCUT2D eigenvalue weighted by atomic mass is 9.94. The highest BCUT2D eigenvalue weighted by molar-refractivity contribution is 5.78. The van der Waals surface area contributed by atoms with Gasteiger partial charge in [-0.25, -0.2) is 9.97 Å². The summed E-state index contributed by atoms with van der Waals surface area (Å²) in [4.78, 5) is 26.2. The summed E-state index contributed by atoms with van der Waals surface area (Å²) in [6.07, 6.45) is 4.76. The van der Waals surface area contributed by atoms with Crippen LogP contribution in [0.3, 0.4) is 0 Å². The summed E-state index contributed by atoms with van der Waals surface area (Å²) in [5.41, 5.74) is 1.15. The summed E-state index contributed by atoms with van der Waals surface area (Å²) in [5, 5.41) is 3.03. The van der Waals surface area contributed by atoms with E-state index < -0.39 is 0 Å². The highest BCUT2D eigenvalue weighted by Crippen LogP contribution is 2.28. The molecule has 1 amide bonds. The molecule has 0 saturated carbocycles. The molecule has 2 fully saturated rings. The fourth-order valence-corrected chi connectivity index (χ4v) is 3.91. The van der Waals surface area contributed by atoms with Crippen molar-refractivity contribution >= 4 is 11.7 Å². The van der Waals surface area contributed by atoms with E-state index in [0.717, 1.165) is 62.9 Å². The molecule has 0 aromatic carbocycles. The van der Waals surface area contributed by atoms with Crippen molar-refractivity contribution in [1.29, 1.82) is 0 Å². The number of amides is 1. The van der Waals surface area contributed by atoms with Crippen molar-refractivity contribution in [2.45, 2.75) is 52.4 Å². The second kappa shape index (κ2) is 8.80. The molecule has 1 aromatic heterocycles. The molecule has 0 aliphatic carbocycles. The smallest absolute Gasteiger partial charge is 0.234 e. The van der Waals surface area contributed by atoms with E-state index in [0.29, 0.717) is 18.4 Å². The molecule has 3 rings (SSSR count). The Morgan fingerprint density at radius 3 is 2.73 bits per heavy atom. The standard InChI is InChI=1S/C20H33N5O/c1-15(2)12-21-20(26)14-24-8-6-7-17(13-24)18-11-19(23-16(3)22-18)25-9-4-5-10-25/h11,15,17H,4-10,12-14H2,1-3H3,(H,21,26)/t17-/m1/s1. The van der Waals surface area contributed by atoms with Crippen LogP contribution in [-0.2, 0) is 4.79 Å². The van der Waals surface area contributed by atoms with Gasteiger partial charge in [0, 0.05) is 38.2 Å². The maximum atomic E-state index is 12.2. The summed E-state index contributed by atoms with van der Waals surface area (Å²) in [7, 11) is 0. The second-order valence-corrected chi connectivity index (χ2v) is 8.16. The van der Waals surface area contributed by atoms with Gasteiger partial charge in [-0.05, 0) is 45.1 Å². The lowest BCUT2D eigenvalue weighted by Gasteiger charge is -2.32. The quantitative estimate of drug-likeness (QED) is 0.845. The number of piperidine rings is 1. The first-order valence-corrected chi connectivity index (χ1v) is 10.1. The number of aromatic nitrogens is 2. The average molecular weight is 360 g/mol. The Morgan fingerprint density at radius 2 is 2.00 bits per heavy atom. The summed E-state index contributed by atoms with van der Waals surface area (Å²) in [6, 6.07) is 2.19. The van der Waals surface area contributed by atoms with Gasteiger partial charge in [0.2, 0.25) is 5.91 Å². The van der Waals surface area contributed by atoms with Gasteiger partial charge in [0.15, 0.2) is 0 Å². The summed E-state index contributed by atoms with van der Waals surface area (Å²) < 4.78 is 0. The van der Waals surface area contributed by atoms with E-state index >= 15 is 0 Å². The van der Waals surface area contributed by atoms with E-state index in [1.54, 1.807) is 0 Å². The van der Waals surface area contributed by atoms with Gasteiger partial charge in [-0.1, -0.05) is 13.8 Å². The highest BCUT2D eigenvalue weighted by atomic mass is 16.2. The first kappa shape index (κ1) is 19.1. The van der Waals surface area contributed by atoms with E-state index in [4.69, 9.17) is 4.98 Å². The topological polar surface area (TPSA) is 61.4 Å². The van der Waals surface area contributed by atoms with Crippen LogP contribution >= 0.6 is 0 Å². The van der Waals surface area contributed by atoms with Gasteiger partial charge in [-0.2, -0.15) is 0 Å². The molecular weight excluding hydrogens is 326 g/mol. The Labute approximate surface area is 157 Å². The number of likely N-dealkylation sites (tertiary alicyclic amines) is 1. The minimum absolute atomic E-state index is 0.135. The molecule has 0 radical (unpaired) electrons. The first-order chi connectivity index (χ1) is 12.5. The van der Waals surface area contributed by atoms with Crippen molar-refractivity contribution in [3.8, 4) is 0 Å². The Balaban J connectivity index is 1.62. The number of anilines is 1. The van der Waals surface area contributed by atoms with Crippen molar-refractivity contribution < 1.29 is 4.79 Å². The number of hydrogen-bond acceptors (Lipinski definition) is 5. The molecular formula is C20H33N5O. The van der Waals surface area contributed by atoms with Crippen LogP contribution in [-0.4, -0.2) is 60.0 Å². The number of nitrogens with one attached hydrogen (secondary N) is 1. The molecule has 0 bridgehead atoms. The predicted octanol–water partition coefficient (Wildman–Crippen LogP) is 2.34. The van der Waals surface area contributed by atoms with Gasteiger partial charge in [0.1, 0.15) is 11.6 Å². The maximum Gasteiger partial charge on any atom is 0.234 e. The van der Waals surface area contributed by atoms with E-state index in [9.17, 15) is 4.79 Å². The lowest BCUT2D eigenvalue weighted by molar-refractivity contribution is -0.122. The Kier molecular flexibility index (Phi) is 6.46. The molecule has 0 unspecified atom stereocenters. The van der Waals surface area contributed by atoms with Crippen molar-refractivity contribution in [3.05, 3.63) is 17.6 Å². The number of aryl methyl sites for hydroxylation is 1. The number of carbonyl (C=O) groups excluding carboxylic acids is 1. The van der Waals surface area contributed by atoms with Gasteiger partial charge in [-0.15, -0.1) is 0 Å². The van der Waals surface area contributed by atoms with Crippen LogP contribution in [0.4, 0.5) is 5.82 Å². The molecule has 1 aromatic rings. The number of carbonyl (C=O) groups is 1. The largest absolute Gasteiger partial charge is 0.357 e. The number of hydrogen-bond donors (Lipinski definition) is 1. The zero-order chi connectivity index (χ0) is 18.5. The van der Waals surface area contributed by atoms with Gasteiger partial charge in [-0.3, -0.25) is 9.69 Å². The van der Waals surface area contributed by atoms with Gasteiger partial charge in [0.05, 0.1) is 12.2 Å². The second-order valence-electron chi connectivity index (χ2n) is 8.16. The van der Waals surface area contributed by atoms with Crippen molar-refractivity contribution in [2.75, 3.05) is 44.2 Å². The molecule has 3 heterocycles. The highest BCUT2D eigenvalue weighted by Gasteiger charge is 2.25. The van der Waals surface area contributed by atoms with Crippen molar-refractivity contribution in [3.63, 3.8) is 0 Å². The first-order valence-electron chi connectivity index (χ1n) is 10.1. The average Bonchev–Trinajstić information content (AvgIpc) is 3.14. The van der Waals surface area contributed by atoms with Gasteiger partial charge < -0.3 is 10.2 Å². The molecule has 6 heteroatoms. The van der Waals surface area contributed by atoms with Gasteiger partial charge >= 0.3 is 0 Å². The zero-order valence-electron chi connectivity index (χ0n) is 16.5. The van der Waals surface area contributed by atoms with Gasteiger partial charge in [0.25, 0.3) is 0 Å². The fourth-order valence-electron chi connectivity index (χ4n) is 3.91. The SMILES string of the molecule is Cc1nc([C@@H]2CCCN(CC(=O)NCC(C)C)C2)cc(N2CCCC2)n1.